The molecule has 1 aromatic rings. The summed E-state index contributed by atoms with van der Waals surface area (Å²) in [6.07, 6.45) is 4.35. The molecule has 0 radical (unpaired) electrons. The van der Waals surface area contributed by atoms with E-state index in [1.807, 2.05) is 0 Å². The van der Waals surface area contributed by atoms with Crippen LogP contribution in [0.1, 0.15) is 30.9 Å². The van der Waals surface area contributed by atoms with Crippen molar-refractivity contribution in [1.82, 2.24) is 5.06 Å². The van der Waals surface area contributed by atoms with E-state index < -0.39 is 0 Å². The van der Waals surface area contributed by atoms with Crippen LogP contribution in [0.2, 0.25) is 0 Å². The van der Waals surface area contributed by atoms with Crippen LogP contribution in [-0.2, 0) is 4.84 Å². The molecular formula is C13H17NO. The first-order valence-corrected chi connectivity index (χ1v) is 5.81. The maximum Gasteiger partial charge on any atom is 0.0840 e. The van der Waals surface area contributed by atoms with Gasteiger partial charge in [-0.3, -0.25) is 4.84 Å². The number of benzene rings is 1. The Hall–Kier alpha value is -0.860. The summed E-state index contributed by atoms with van der Waals surface area (Å²) in [5.41, 5.74) is 1.40. The van der Waals surface area contributed by atoms with Crippen LogP contribution in [0.25, 0.3) is 0 Å². The highest BCUT2D eigenvalue weighted by Crippen LogP contribution is 2.46. The van der Waals surface area contributed by atoms with E-state index in [4.69, 9.17) is 4.84 Å². The maximum absolute atomic E-state index is 5.89. The standard InChI is InChI=1S/C13H17NO/c1-14-13(10-6-3-2-4-7-10)11-8-5-9-12(11)15-14/h2-4,6-7,11-13H,5,8-9H2,1H3/t11-,12+,13+/m0/s1. The van der Waals surface area contributed by atoms with Crippen molar-refractivity contribution >= 4 is 0 Å². The molecule has 1 saturated carbocycles. The van der Waals surface area contributed by atoms with Crippen LogP contribution >= 0.6 is 0 Å². The quantitative estimate of drug-likeness (QED) is 0.696. The maximum atomic E-state index is 5.89. The zero-order chi connectivity index (χ0) is 10.3. The van der Waals surface area contributed by atoms with Gasteiger partial charge in [0.2, 0.25) is 0 Å². The molecule has 0 unspecified atom stereocenters. The summed E-state index contributed by atoms with van der Waals surface area (Å²) in [6.45, 7) is 0. The molecule has 3 rings (SSSR count). The van der Waals surface area contributed by atoms with Gasteiger partial charge in [-0.15, -0.1) is 0 Å². The predicted molar refractivity (Wildman–Crippen MR) is 59.2 cm³/mol. The average molecular weight is 203 g/mol. The average Bonchev–Trinajstić information content (AvgIpc) is 2.78. The number of fused-ring (bicyclic) bond motifs is 1. The van der Waals surface area contributed by atoms with Crippen molar-refractivity contribution in [3.8, 4) is 0 Å². The highest BCUT2D eigenvalue weighted by Gasteiger charge is 2.44. The topological polar surface area (TPSA) is 12.5 Å². The Morgan fingerprint density at radius 2 is 2.00 bits per heavy atom. The minimum atomic E-state index is 0.471. The summed E-state index contributed by atoms with van der Waals surface area (Å²) in [4.78, 5) is 5.89. The minimum Gasteiger partial charge on any atom is -0.295 e. The second-order valence-electron chi connectivity index (χ2n) is 4.64. The molecule has 1 aliphatic carbocycles. The molecule has 1 saturated heterocycles. The molecule has 0 amide bonds. The summed E-state index contributed by atoms with van der Waals surface area (Å²) in [7, 11) is 2.07. The van der Waals surface area contributed by atoms with Gasteiger partial charge in [0.15, 0.2) is 0 Å². The Kier molecular flexibility index (Phi) is 2.26. The van der Waals surface area contributed by atoms with Crippen LogP contribution < -0.4 is 0 Å². The molecule has 1 aliphatic heterocycles. The van der Waals surface area contributed by atoms with E-state index in [1.54, 1.807) is 0 Å². The largest absolute Gasteiger partial charge is 0.295 e. The Labute approximate surface area is 90.8 Å². The molecule has 0 N–H and O–H groups in total. The van der Waals surface area contributed by atoms with Crippen LogP contribution in [0.4, 0.5) is 0 Å². The first kappa shape index (κ1) is 9.37. The van der Waals surface area contributed by atoms with Crippen LogP contribution in [0.15, 0.2) is 30.3 Å². The normalized spacial score (nSPS) is 35.7. The van der Waals surface area contributed by atoms with E-state index in [0.717, 1.165) is 0 Å². The van der Waals surface area contributed by atoms with Gasteiger partial charge in [0.1, 0.15) is 0 Å². The van der Waals surface area contributed by atoms with Gasteiger partial charge < -0.3 is 0 Å². The predicted octanol–water partition coefficient (Wildman–Crippen LogP) is 2.77. The van der Waals surface area contributed by atoms with E-state index in [9.17, 15) is 0 Å². The lowest BCUT2D eigenvalue weighted by Crippen LogP contribution is -2.19. The Morgan fingerprint density at radius 1 is 1.20 bits per heavy atom. The molecule has 0 bridgehead atoms. The first-order chi connectivity index (χ1) is 7.36. The van der Waals surface area contributed by atoms with Gasteiger partial charge in [0.05, 0.1) is 12.1 Å². The van der Waals surface area contributed by atoms with Gasteiger partial charge >= 0.3 is 0 Å². The zero-order valence-electron chi connectivity index (χ0n) is 9.10. The molecule has 2 heteroatoms. The molecular weight excluding hydrogens is 186 g/mol. The molecule has 2 nitrogen and oxygen atoms in total. The summed E-state index contributed by atoms with van der Waals surface area (Å²) >= 11 is 0. The third-order valence-electron chi connectivity index (χ3n) is 3.74. The molecule has 80 valence electrons. The van der Waals surface area contributed by atoms with Crippen molar-refractivity contribution in [3.05, 3.63) is 35.9 Å². The van der Waals surface area contributed by atoms with Gasteiger partial charge in [0, 0.05) is 13.0 Å². The van der Waals surface area contributed by atoms with Crippen LogP contribution in [-0.4, -0.2) is 18.2 Å². The Balaban J connectivity index is 1.91. The lowest BCUT2D eigenvalue weighted by molar-refractivity contribution is -0.144. The van der Waals surface area contributed by atoms with E-state index in [1.165, 1.54) is 24.8 Å². The van der Waals surface area contributed by atoms with Gasteiger partial charge in [-0.1, -0.05) is 36.8 Å². The molecule has 0 spiro atoms. The van der Waals surface area contributed by atoms with Crippen molar-refractivity contribution in [3.63, 3.8) is 0 Å². The van der Waals surface area contributed by atoms with E-state index >= 15 is 0 Å². The Bertz CT molecular complexity index is 338. The second kappa shape index (κ2) is 3.62. The summed E-state index contributed by atoms with van der Waals surface area (Å²) < 4.78 is 0. The Morgan fingerprint density at radius 3 is 2.80 bits per heavy atom. The molecule has 2 aliphatic rings. The lowest BCUT2D eigenvalue weighted by atomic mass is 9.91. The van der Waals surface area contributed by atoms with Crippen molar-refractivity contribution in [2.24, 2.45) is 5.92 Å². The van der Waals surface area contributed by atoms with Crippen molar-refractivity contribution < 1.29 is 4.84 Å². The summed E-state index contributed by atoms with van der Waals surface area (Å²) in [5.74, 6) is 0.706. The molecule has 2 fully saturated rings. The molecule has 15 heavy (non-hydrogen) atoms. The number of nitrogens with zero attached hydrogens (tertiary/aromatic N) is 1. The highest BCUT2D eigenvalue weighted by molar-refractivity contribution is 5.21. The van der Waals surface area contributed by atoms with Crippen LogP contribution in [0, 0.1) is 5.92 Å². The molecule has 3 atom stereocenters. The fourth-order valence-corrected chi connectivity index (χ4v) is 3.10. The third-order valence-corrected chi connectivity index (χ3v) is 3.74. The fourth-order valence-electron chi connectivity index (χ4n) is 3.10. The van der Waals surface area contributed by atoms with Crippen molar-refractivity contribution in [1.29, 1.82) is 0 Å². The molecule has 0 aromatic heterocycles. The van der Waals surface area contributed by atoms with Gasteiger partial charge in [0.25, 0.3) is 0 Å². The van der Waals surface area contributed by atoms with Gasteiger partial charge in [-0.2, -0.15) is 5.06 Å². The highest BCUT2D eigenvalue weighted by atomic mass is 16.7. The van der Waals surface area contributed by atoms with E-state index in [2.05, 4.69) is 42.4 Å². The second-order valence-corrected chi connectivity index (χ2v) is 4.64. The third kappa shape index (κ3) is 1.48. The number of hydroxylamine groups is 2. The number of hydrogen-bond acceptors (Lipinski definition) is 2. The SMILES string of the molecule is CN1O[C@@H]2CCC[C@@H]2[C@H]1c1ccccc1. The van der Waals surface area contributed by atoms with Gasteiger partial charge in [-0.25, -0.2) is 0 Å². The number of rotatable bonds is 1. The monoisotopic (exact) mass is 203 g/mol. The van der Waals surface area contributed by atoms with E-state index in [0.29, 0.717) is 18.1 Å². The van der Waals surface area contributed by atoms with Gasteiger partial charge in [-0.05, 0) is 18.4 Å². The van der Waals surface area contributed by atoms with Crippen molar-refractivity contribution in [2.45, 2.75) is 31.4 Å². The minimum absolute atomic E-state index is 0.471. The smallest absolute Gasteiger partial charge is 0.0840 e. The number of hydrogen-bond donors (Lipinski definition) is 0. The van der Waals surface area contributed by atoms with Crippen molar-refractivity contribution in [2.75, 3.05) is 7.05 Å². The molecule has 1 heterocycles. The van der Waals surface area contributed by atoms with E-state index in [-0.39, 0.29) is 0 Å². The molecule has 1 aromatic carbocycles. The lowest BCUT2D eigenvalue weighted by Gasteiger charge is -2.21. The first-order valence-electron chi connectivity index (χ1n) is 5.81. The van der Waals surface area contributed by atoms with Crippen LogP contribution in [0.5, 0.6) is 0 Å². The van der Waals surface area contributed by atoms with Crippen LogP contribution in [0.3, 0.4) is 0 Å². The zero-order valence-corrected chi connectivity index (χ0v) is 9.10. The summed E-state index contributed by atoms with van der Waals surface area (Å²) in [6, 6.07) is 11.2. The fraction of sp³-hybridized carbons (Fsp3) is 0.538. The summed E-state index contributed by atoms with van der Waals surface area (Å²) in [5, 5.41) is 2.06.